The molecule has 0 unspecified atom stereocenters. The van der Waals surface area contributed by atoms with E-state index in [4.69, 9.17) is 171 Å². The number of hydrogen-bond acceptors (Lipinski definition) is 36. The monoisotopic (exact) mass is 2110 g/mol. The van der Waals surface area contributed by atoms with Crippen molar-refractivity contribution in [3.63, 3.8) is 0 Å². The molecule has 139 heavy (non-hydrogen) atoms. The Balaban J connectivity index is 1.66. The summed E-state index contributed by atoms with van der Waals surface area (Å²) in [5.41, 5.74) is 2.86. The molecule has 0 amide bonds. The second kappa shape index (κ2) is 78.9. The van der Waals surface area contributed by atoms with Crippen molar-refractivity contribution >= 4 is 68.3 Å². The van der Waals surface area contributed by atoms with E-state index in [2.05, 4.69) is 31.9 Å². The number of nitrogens with zero attached hydrogens (tertiary/aromatic N) is 2. The maximum Gasteiger partial charge on any atom is 0.737 e. The van der Waals surface area contributed by atoms with Crippen LogP contribution in [0.3, 0.4) is 0 Å². The summed E-state index contributed by atoms with van der Waals surface area (Å²) < 4.78 is 254. The minimum absolute atomic E-state index is 0.00726. The van der Waals surface area contributed by atoms with Gasteiger partial charge < -0.3 is 188 Å². The molecule has 2 aliphatic heterocycles. The molecule has 38 nitrogen and oxygen atoms in total. The van der Waals surface area contributed by atoms with Crippen molar-refractivity contribution in [2.45, 2.75) is 13.8 Å². The number of allylic oxidation sites excluding steroid dienone is 3. The van der Waals surface area contributed by atoms with Gasteiger partial charge in [-0.1, -0.05) is 6.08 Å². The second-order valence-electron chi connectivity index (χ2n) is 29.8. The van der Waals surface area contributed by atoms with Crippen LogP contribution in [0, 0.1) is 6.92 Å². The number of benzene rings is 3. The first-order valence-electron chi connectivity index (χ1n) is 46.9. The molecule has 792 valence electrons. The van der Waals surface area contributed by atoms with Crippen molar-refractivity contribution in [3.05, 3.63) is 96.3 Å². The fraction of sp³-hybridized carbons (Fsp3) is 0.677. The van der Waals surface area contributed by atoms with Crippen LogP contribution >= 0.6 is 31.9 Å². The van der Waals surface area contributed by atoms with Gasteiger partial charge in [-0.3, -0.25) is 0 Å². The third-order valence-corrected chi connectivity index (χ3v) is 21.7. The minimum atomic E-state index is -5.03. The summed E-state index contributed by atoms with van der Waals surface area (Å²) >= 11 is 7.87. The van der Waals surface area contributed by atoms with Crippen LogP contribution in [0.1, 0.15) is 40.6 Å². The fourth-order valence-corrected chi connectivity index (χ4v) is 14.1. The van der Waals surface area contributed by atoms with E-state index in [-0.39, 0.29) is 253 Å². The lowest BCUT2D eigenvalue weighted by Crippen LogP contribution is -2.51. The summed E-state index contributed by atoms with van der Waals surface area (Å²) in [6.07, 6.45) is 6.63. The Kier molecular flexibility index (Phi) is 68.9. The normalized spacial score (nSPS) is 13.1. The maximum absolute atomic E-state index is 20.0. The summed E-state index contributed by atoms with van der Waals surface area (Å²) in [7, 11) is 14.4. The second-order valence-corrected chi connectivity index (χ2v) is 31.4. The van der Waals surface area contributed by atoms with E-state index in [0.717, 1.165) is 8.96 Å². The van der Waals surface area contributed by atoms with Crippen LogP contribution in [0.15, 0.2) is 62.7 Å². The molecule has 0 fully saturated rings. The van der Waals surface area contributed by atoms with Gasteiger partial charge >= 0.3 is 6.97 Å². The third-order valence-electron chi connectivity index (χ3n) is 19.7. The van der Waals surface area contributed by atoms with Crippen molar-refractivity contribution in [3.8, 4) is 51.7 Å². The molecule has 0 radical (unpaired) electrons. The summed E-state index contributed by atoms with van der Waals surface area (Å²) in [4.78, 5) is 0. The molecule has 0 aliphatic carbocycles. The molecule has 3 heterocycles. The zero-order valence-corrected chi connectivity index (χ0v) is 86.3. The number of ether oxygens (including phenoxy) is 36. The van der Waals surface area contributed by atoms with E-state index in [9.17, 15) is 0 Å². The maximum atomic E-state index is 20.0. The highest BCUT2D eigenvalue weighted by Gasteiger charge is 2.58. The fourth-order valence-electron chi connectivity index (χ4n) is 13.1. The molecule has 0 saturated carbocycles. The van der Waals surface area contributed by atoms with Gasteiger partial charge in [0.1, 0.15) is 59.5 Å². The van der Waals surface area contributed by atoms with Gasteiger partial charge in [-0.2, -0.15) is 0 Å². The molecule has 3 aromatic carbocycles. The van der Waals surface area contributed by atoms with Gasteiger partial charge in [-0.25, -0.2) is 0 Å². The van der Waals surface area contributed by atoms with E-state index in [1.165, 1.54) is 0 Å². The molecule has 4 aromatic rings. The van der Waals surface area contributed by atoms with Crippen molar-refractivity contribution in [1.82, 2.24) is 4.48 Å². The van der Waals surface area contributed by atoms with Gasteiger partial charge in [0.05, 0.1) is 307 Å². The highest BCUT2D eigenvalue weighted by molar-refractivity contribution is 9.12. The van der Waals surface area contributed by atoms with Crippen molar-refractivity contribution in [2.75, 3.05) is 421 Å². The SMILES string of the molecule is COCCOCCOCCOc1cc(/C=C/C2=[N+]3C(=C(c4cc(OCCOCCOCCOC)c(OCCOCCOCCOC)c(OCCOCCOCCOC)c4)c4c(C)c(Br)c(/C=C/c5cc(OCCOCCOCCOC)c(OCCOCCOCCOC)c(OCCOCCOCCOC)c5)n4[B-]3(F)F)C(C)=C2Br)cc(OCCOCCOCCOC)c1OCCOCCOCCOC. The predicted molar refractivity (Wildman–Crippen MR) is 522 cm³/mol. The lowest BCUT2D eigenvalue weighted by molar-refractivity contribution is -0.362. The Morgan fingerprint density at radius 1 is 0.266 bits per heavy atom. The summed E-state index contributed by atoms with van der Waals surface area (Å²) in [5.74, 6) is 1.96. The molecule has 0 bridgehead atoms. The van der Waals surface area contributed by atoms with E-state index >= 15 is 8.63 Å². The number of rotatable bonds is 95. The highest BCUT2D eigenvalue weighted by atomic mass is 79.9. The van der Waals surface area contributed by atoms with E-state index in [1.54, 1.807) is 139 Å². The van der Waals surface area contributed by atoms with Crippen molar-refractivity contribution < 1.29 is 184 Å². The van der Waals surface area contributed by atoms with E-state index in [1.807, 2.05) is 0 Å². The van der Waals surface area contributed by atoms with Crippen LogP contribution in [0.4, 0.5) is 8.63 Å². The van der Waals surface area contributed by atoms with Crippen LogP contribution in [-0.2, 0) is 128 Å². The molecule has 6 rings (SSSR count). The lowest BCUT2D eigenvalue weighted by Gasteiger charge is -2.34. The standard InChI is InChI=1S/C96H151BBr2F2N2O36/c1-76-90(98)81(14-12-78-70-83(131-61-52-122-43-34-113-25-16-104-3)94(137-67-58-128-49-40-119-31-22-110-9)84(71-78)132-62-53-123-44-35-114-26-17-105-4)102-92(76)89(80-74-87(135-65-56-126-47-38-117-29-20-108-7)96(139-69-60-130-51-42-121-33-24-112-11)88(75-80)136-66-57-127-48-39-118-30-21-109-8)93-77(2)91(99)82(103(93)97(102,100)101)15-13-79-72-85(133-63-54-124-45-36-115-27-18-106-5)95(138-68-59-129-50-41-120-32-23-111-10)86(73-79)134-64-55-125-46-37-116-28-19-107-6/h12-15,70-75H,16-69H2,1-11H3/b14-12+,15-13+. The number of methoxy groups -OCH3 is 9. The Morgan fingerprint density at radius 2 is 0.468 bits per heavy atom. The Morgan fingerprint density at radius 3 is 0.698 bits per heavy atom. The molecule has 0 N–H and O–H groups in total. The van der Waals surface area contributed by atoms with Gasteiger partial charge in [0.15, 0.2) is 45.9 Å². The predicted octanol–water partition coefficient (Wildman–Crippen LogP) is 10.1. The average Bonchev–Trinajstić information content (AvgIpc) is 1.52. The topological polar surface area (TPSA) is 340 Å². The molecule has 0 saturated heterocycles. The van der Waals surface area contributed by atoms with Crippen LogP contribution in [-0.4, -0.2) is 442 Å². The van der Waals surface area contributed by atoms with Crippen LogP contribution in [0.2, 0.25) is 0 Å². The minimum Gasteiger partial charge on any atom is -0.487 e. The van der Waals surface area contributed by atoms with Gasteiger partial charge in [0.25, 0.3) is 0 Å². The molecule has 0 atom stereocenters. The van der Waals surface area contributed by atoms with E-state index in [0.29, 0.717) is 221 Å². The lowest BCUT2D eigenvalue weighted by atomic mass is 9.83. The number of halogens is 4. The number of fused-ring (bicyclic) bond motifs is 2. The van der Waals surface area contributed by atoms with Crippen LogP contribution in [0.5, 0.6) is 51.7 Å². The van der Waals surface area contributed by atoms with Gasteiger partial charge in [-0.05, 0) is 117 Å². The number of hydrogen-bond donors (Lipinski definition) is 0. The largest absolute Gasteiger partial charge is 0.737 e. The van der Waals surface area contributed by atoms with Gasteiger partial charge in [0, 0.05) is 91.5 Å². The Labute approximate surface area is 834 Å². The summed E-state index contributed by atoms with van der Waals surface area (Å²) in [6, 6.07) is 10.4. The molecule has 43 heteroatoms. The molecular formula is C96H151BBr2F2N2O36. The van der Waals surface area contributed by atoms with Crippen molar-refractivity contribution in [1.29, 1.82) is 0 Å². The zero-order valence-electron chi connectivity index (χ0n) is 83.1. The molecule has 2 aliphatic rings. The van der Waals surface area contributed by atoms with Crippen molar-refractivity contribution in [2.24, 2.45) is 0 Å². The molecule has 1 aromatic heterocycles. The van der Waals surface area contributed by atoms with Crippen LogP contribution in [0.25, 0.3) is 23.8 Å². The Hall–Kier alpha value is -6.43. The smallest absolute Gasteiger partial charge is 0.487 e. The first kappa shape index (κ1) is 121. The van der Waals surface area contributed by atoms with E-state index < -0.39 is 6.97 Å². The Bertz CT molecular complexity index is 3910. The summed E-state index contributed by atoms with van der Waals surface area (Å²) in [5, 5.41) is 0. The first-order valence-corrected chi connectivity index (χ1v) is 48.4. The molecular weight excluding hydrogens is 1970 g/mol. The third kappa shape index (κ3) is 48.0. The van der Waals surface area contributed by atoms with Gasteiger partial charge in [0.2, 0.25) is 17.2 Å². The van der Waals surface area contributed by atoms with Crippen LogP contribution < -0.4 is 42.6 Å². The molecule has 0 spiro atoms. The number of aromatic nitrogens is 1. The van der Waals surface area contributed by atoms with Gasteiger partial charge in [-0.15, -0.1) is 0 Å². The zero-order chi connectivity index (χ0) is 99.5. The average molecular weight is 2120 g/mol. The first-order chi connectivity index (χ1) is 68.3. The quantitative estimate of drug-likeness (QED) is 0.0293. The highest BCUT2D eigenvalue weighted by Crippen LogP contribution is 2.52. The summed E-state index contributed by atoms with van der Waals surface area (Å²) in [6.45, 7) is 12.5.